The fourth-order valence-electron chi connectivity index (χ4n) is 2.91. The van der Waals surface area contributed by atoms with Crippen molar-refractivity contribution < 1.29 is 31.9 Å². The first-order valence-electron chi connectivity index (χ1n) is 9.58. The minimum absolute atomic E-state index is 0.223. The Labute approximate surface area is 172 Å². The molecule has 2 rings (SSSR count). The van der Waals surface area contributed by atoms with Crippen molar-refractivity contribution in [3.8, 4) is 17.2 Å². The molecule has 29 heavy (non-hydrogen) atoms. The van der Waals surface area contributed by atoms with Crippen molar-refractivity contribution in [1.29, 1.82) is 0 Å². The number of methoxy groups -OCH3 is 2. The van der Waals surface area contributed by atoms with E-state index in [2.05, 4.69) is 0 Å². The Morgan fingerprint density at radius 3 is 1.83 bits per heavy atom. The molecule has 0 aliphatic rings. The summed E-state index contributed by atoms with van der Waals surface area (Å²) in [7, 11) is -0.162. The summed E-state index contributed by atoms with van der Waals surface area (Å²) >= 11 is 0. The molecule has 0 N–H and O–H groups in total. The van der Waals surface area contributed by atoms with Crippen LogP contribution in [0.25, 0.3) is 0 Å². The van der Waals surface area contributed by atoms with Crippen LogP contribution < -0.4 is 19.4 Å². The predicted octanol–water partition coefficient (Wildman–Crippen LogP) is 3.68. The van der Waals surface area contributed by atoms with Crippen molar-refractivity contribution in [1.82, 2.24) is 0 Å². The summed E-state index contributed by atoms with van der Waals surface area (Å²) in [6.45, 7) is 6.88. The minimum atomic E-state index is -3.34. The van der Waals surface area contributed by atoms with Gasteiger partial charge in [-0.2, -0.15) is 0 Å². The third kappa shape index (κ3) is 5.93. The quantitative estimate of drug-likeness (QED) is 0.485. The Bertz CT molecular complexity index is 746. The van der Waals surface area contributed by atoms with Crippen LogP contribution in [0.4, 0.5) is 4.39 Å². The first-order valence-corrected chi connectivity index (χ1v) is 11.3. The molecule has 0 spiro atoms. The van der Waals surface area contributed by atoms with Crippen LogP contribution in [0.3, 0.4) is 0 Å². The minimum Gasteiger partial charge on any atom is -0.497 e. The van der Waals surface area contributed by atoms with Crippen LogP contribution in [0.15, 0.2) is 36.4 Å². The number of hydrogen-bond acceptors (Lipinski definition) is 6. The molecular weight excluding hydrogens is 395 g/mol. The van der Waals surface area contributed by atoms with Gasteiger partial charge in [-0.05, 0) is 56.7 Å². The van der Waals surface area contributed by atoms with E-state index in [9.17, 15) is 4.39 Å². The van der Waals surface area contributed by atoms with Gasteiger partial charge in [0, 0.05) is 25.9 Å². The average molecular weight is 425 g/mol. The van der Waals surface area contributed by atoms with E-state index >= 15 is 0 Å². The largest absolute Gasteiger partial charge is 0.541 e. The molecule has 2 aromatic rings. The van der Waals surface area contributed by atoms with Gasteiger partial charge in [0.25, 0.3) is 0 Å². The molecule has 0 saturated heterocycles. The van der Waals surface area contributed by atoms with Gasteiger partial charge in [0.05, 0.1) is 19.4 Å². The van der Waals surface area contributed by atoms with Gasteiger partial charge in [-0.25, -0.2) is 4.39 Å². The summed E-state index contributed by atoms with van der Waals surface area (Å²) < 4.78 is 48.5. The smallest absolute Gasteiger partial charge is 0.497 e. The Morgan fingerprint density at radius 2 is 1.34 bits per heavy atom. The van der Waals surface area contributed by atoms with Gasteiger partial charge >= 0.3 is 8.80 Å². The first-order chi connectivity index (χ1) is 14.0. The summed E-state index contributed by atoms with van der Waals surface area (Å²) in [5, 5.41) is 0.470. The maximum Gasteiger partial charge on any atom is 0.541 e. The van der Waals surface area contributed by atoms with Crippen molar-refractivity contribution in [2.75, 3.05) is 34.0 Å². The van der Waals surface area contributed by atoms with E-state index in [1.54, 1.807) is 26.4 Å². The maximum atomic E-state index is 14.1. The van der Waals surface area contributed by atoms with Crippen LogP contribution in [-0.4, -0.2) is 42.8 Å². The lowest BCUT2D eigenvalue weighted by atomic mass is 10.2. The van der Waals surface area contributed by atoms with E-state index in [-0.39, 0.29) is 6.61 Å². The molecule has 0 bridgehead atoms. The second-order valence-electron chi connectivity index (χ2n) is 6.01. The van der Waals surface area contributed by atoms with Gasteiger partial charge in [0.15, 0.2) is 0 Å². The number of halogens is 1. The second kappa shape index (κ2) is 11.2. The molecule has 160 valence electrons. The molecule has 0 aliphatic carbocycles. The van der Waals surface area contributed by atoms with Crippen LogP contribution in [0.5, 0.6) is 17.2 Å². The average Bonchev–Trinajstić information content (AvgIpc) is 2.73. The van der Waals surface area contributed by atoms with E-state index in [1.165, 1.54) is 12.1 Å². The normalized spacial score (nSPS) is 11.4. The lowest BCUT2D eigenvalue weighted by Gasteiger charge is -2.30. The topological polar surface area (TPSA) is 55.4 Å². The molecule has 0 atom stereocenters. The first kappa shape index (κ1) is 23.1. The molecule has 0 radical (unpaired) electrons. The zero-order chi connectivity index (χ0) is 21.3. The third-order valence-corrected chi connectivity index (χ3v) is 7.14. The Balaban J connectivity index is 2.39. The van der Waals surface area contributed by atoms with Gasteiger partial charge in [-0.15, -0.1) is 0 Å². The van der Waals surface area contributed by atoms with Crippen molar-refractivity contribution in [2.24, 2.45) is 0 Å². The zero-order valence-corrected chi connectivity index (χ0v) is 18.6. The fraction of sp³-hybridized carbons (Fsp3) is 0.429. The van der Waals surface area contributed by atoms with Crippen molar-refractivity contribution in [3.05, 3.63) is 47.8 Å². The highest BCUT2D eigenvalue weighted by molar-refractivity contribution is 6.76. The van der Waals surface area contributed by atoms with Gasteiger partial charge in [-0.3, -0.25) is 0 Å². The number of rotatable bonds is 12. The van der Waals surface area contributed by atoms with Crippen LogP contribution >= 0.6 is 0 Å². The fourth-order valence-corrected chi connectivity index (χ4v) is 5.54. The van der Waals surface area contributed by atoms with E-state index in [1.807, 2.05) is 32.9 Å². The monoisotopic (exact) mass is 424 g/mol. The van der Waals surface area contributed by atoms with Gasteiger partial charge in [0.1, 0.15) is 29.7 Å². The lowest BCUT2D eigenvalue weighted by Crippen LogP contribution is -2.57. The van der Waals surface area contributed by atoms with E-state index in [0.717, 1.165) is 5.56 Å². The highest BCUT2D eigenvalue weighted by atomic mass is 28.4. The zero-order valence-electron chi connectivity index (χ0n) is 17.6. The Hall–Kier alpha value is -2.13. The Morgan fingerprint density at radius 1 is 0.793 bits per heavy atom. The molecule has 6 nitrogen and oxygen atoms in total. The molecular formula is C21H29FO6Si. The highest BCUT2D eigenvalue weighted by Crippen LogP contribution is 2.25. The molecule has 0 heterocycles. The molecule has 0 fully saturated rings. The van der Waals surface area contributed by atoms with E-state index in [4.69, 9.17) is 27.5 Å². The van der Waals surface area contributed by atoms with Crippen molar-refractivity contribution >= 4 is 14.0 Å². The van der Waals surface area contributed by atoms with Crippen LogP contribution in [0, 0.1) is 5.82 Å². The summed E-state index contributed by atoms with van der Waals surface area (Å²) in [6, 6.07) is 9.77. The van der Waals surface area contributed by atoms with Gasteiger partial charge in [-0.1, -0.05) is 0 Å². The van der Waals surface area contributed by atoms with Gasteiger partial charge in [0.2, 0.25) is 0 Å². The summed E-state index contributed by atoms with van der Waals surface area (Å²) in [6.07, 6.45) is 0. The van der Waals surface area contributed by atoms with Crippen molar-refractivity contribution in [3.63, 3.8) is 0 Å². The maximum absolute atomic E-state index is 14.1. The highest BCUT2D eigenvalue weighted by Gasteiger charge is 2.46. The second-order valence-corrected chi connectivity index (χ2v) is 8.52. The lowest BCUT2D eigenvalue weighted by molar-refractivity contribution is 0.0850. The molecule has 2 aromatic carbocycles. The number of hydrogen-bond donors (Lipinski definition) is 0. The molecule has 0 saturated carbocycles. The van der Waals surface area contributed by atoms with E-state index in [0.29, 0.717) is 42.3 Å². The standard InChI is InChI=1S/C21H29FO6Si/c1-6-26-29(27-7-2,28-8-3)21-13-17(22)9-10-20(21)25-15-16-11-18(23-4)14-19(12-16)24-5/h9-14H,6-8,15H2,1-5H3. The summed E-state index contributed by atoms with van der Waals surface area (Å²) in [5.41, 5.74) is 0.841. The third-order valence-electron chi connectivity index (χ3n) is 4.08. The molecule has 0 aromatic heterocycles. The van der Waals surface area contributed by atoms with Crippen LogP contribution in [0.2, 0.25) is 0 Å². The summed E-state index contributed by atoms with van der Waals surface area (Å²) in [4.78, 5) is 0. The van der Waals surface area contributed by atoms with E-state index < -0.39 is 14.6 Å². The van der Waals surface area contributed by atoms with Gasteiger partial charge < -0.3 is 27.5 Å². The number of benzene rings is 2. The molecule has 0 unspecified atom stereocenters. The Kier molecular flexibility index (Phi) is 8.90. The van der Waals surface area contributed by atoms with Crippen LogP contribution in [0.1, 0.15) is 26.3 Å². The summed E-state index contributed by atoms with van der Waals surface area (Å²) in [5.74, 6) is 1.36. The molecule has 0 amide bonds. The molecule has 8 heteroatoms. The number of ether oxygens (including phenoxy) is 3. The van der Waals surface area contributed by atoms with Crippen LogP contribution in [-0.2, 0) is 19.9 Å². The van der Waals surface area contributed by atoms with Crippen molar-refractivity contribution in [2.45, 2.75) is 27.4 Å². The SMILES string of the molecule is CCO[Si](OCC)(OCC)c1cc(F)ccc1OCc1cc(OC)cc(OC)c1. The predicted molar refractivity (Wildman–Crippen MR) is 111 cm³/mol. The molecule has 0 aliphatic heterocycles.